The Morgan fingerprint density at radius 3 is 2.32 bits per heavy atom. The van der Waals surface area contributed by atoms with Gasteiger partial charge in [-0.3, -0.25) is 0 Å². The van der Waals surface area contributed by atoms with Crippen LogP contribution in [0.25, 0.3) is 0 Å². The van der Waals surface area contributed by atoms with Crippen LogP contribution in [-0.4, -0.2) is 31.3 Å². The van der Waals surface area contributed by atoms with Crippen molar-refractivity contribution < 1.29 is 35.3 Å². The van der Waals surface area contributed by atoms with Gasteiger partial charge in [0.05, 0.1) is 0 Å². The molecule has 22 heavy (non-hydrogen) atoms. The summed E-state index contributed by atoms with van der Waals surface area (Å²) in [5.74, 6) is -1.18. The Kier molecular flexibility index (Phi) is 6.82. The molecule has 0 radical (unpaired) electrons. The van der Waals surface area contributed by atoms with Crippen molar-refractivity contribution >= 4 is 32.0 Å². The van der Waals surface area contributed by atoms with Crippen molar-refractivity contribution in [3.8, 4) is 0 Å². The first-order valence-electron chi connectivity index (χ1n) is 5.93. The summed E-state index contributed by atoms with van der Waals surface area (Å²) in [5, 5.41) is 0.0610. The van der Waals surface area contributed by atoms with E-state index in [1.165, 1.54) is 0 Å². The van der Waals surface area contributed by atoms with Gasteiger partial charge < -0.3 is 4.74 Å². The molecule has 0 amide bonds. The van der Waals surface area contributed by atoms with Gasteiger partial charge in [0.2, 0.25) is 0 Å². The summed E-state index contributed by atoms with van der Waals surface area (Å²) >= 11 is 2.91. The van der Waals surface area contributed by atoms with Gasteiger partial charge in [0, 0.05) is 5.33 Å². The maximum absolute atomic E-state index is 12.3. The molecule has 0 heterocycles. The third kappa shape index (κ3) is 5.58. The zero-order valence-corrected chi connectivity index (χ0v) is 13.4. The Bertz CT molecular complexity index is 589. The number of carbonyl (C=O) groups excluding carboxylic acids is 1. The van der Waals surface area contributed by atoms with Crippen LogP contribution < -0.4 is 0 Å². The maximum atomic E-state index is 12.3. The van der Waals surface area contributed by atoms with E-state index in [-0.39, 0.29) is 18.4 Å². The Hall–Kier alpha value is -1.13. The van der Waals surface area contributed by atoms with E-state index in [1.807, 2.05) is 0 Å². The molecule has 1 atom stereocenters. The second kappa shape index (κ2) is 7.93. The highest BCUT2D eigenvalue weighted by Crippen LogP contribution is 2.26. The Labute approximate surface area is 133 Å². The Balaban J connectivity index is 2.72. The van der Waals surface area contributed by atoms with Crippen molar-refractivity contribution in [2.75, 3.05) is 5.33 Å². The van der Waals surface area contributed by atoms with Crippen LogP contribution in [0, 0.1) is 0 Å². The van der Waals surface area contributed by atoms with Crippen molar-refractivity contribution in [3.05, 3.63) is 35.9 Å². The molecular formula is C12H12BrF3O5S. The fourth-order valence-corrected chi connectivity index (χ4v) is 2.34. The van der Waals surface area contributed by atoms with Gasteiger partial charge in [0.1, 0.15) is 6.61 Å². The molecule has 1 unspecified atom stereocenters. The summed E-state index contributed by atoms with van der Waals surface area (Å²) in [6.45, 7) is -0.201. The van der Waals surface area contributed by atoms with E-state index < -0.39 is 27.7 Å². The molecule has 0 saturated heterocycles. The number of hydrogen-bond donors (Lipinski definition) is 0. The summed E-state index contributed by atoms with van der Waals surface area (Å²) < 4.78 is 67.4. The minimum Gasteiger partial charge on any atom is -0.459 e. The van der Waals surface area contributed by atoms with E-state index in [9.17, 15) is 26.4 Å². The first-order valence-corrected chi connectivity index (χ1v) is 8.46. The van der Waals surface area contributed by atoms with Crippen molar-refractivity contribution in [1.82, 2.24) is 0 Å². The van der Waals surface area contributed by atoms with Gasteiger partial charge in [0.15, 0.2) is 6.10 Å². The van der Waals surface area contributed by atoms with Crippen LogP contribution in [0.2, 0.25) is 0 Å². The zero-order chi connectivity index (χ0) is 16.8. The molecule has 1 aromatic carbocycles. The van der Waals surface area contributed by atoms with Gasteiger partial charge in [-0.1, -0.05) is 46.3 Å². The molecule has 1 aromatic rings. The standard InChI is InChI=1S/C12H12BrF3O5S/c13-7-6-10(21-22(18,19)12(14,15)16)11(17)20-8-9-4-2-1-3-5-9/h1-5,10H,6-8H2. The highest BCUT2D eigenvalue weighted by Gasteiger charge is 2.49. The first kappa shape index (κ1) is 18.9. The van der Waals surface area contributed by atoms with E-state index in [4.69, 9.17) is 4.74 Å². The van der Waals surface area contributed by atoms with E-state index in [0.29, 0.717) is 5.56 Å². The lowest BCUT2D eigenvalue weighted by Gasteiger charge is -2.16. The fourth-order valence-electron chi connectivity index (χ4n) is 1.33. The van der Waals surface area contributed by atoms with Crippen LogP contribution in [0.1, 0.15) is 12.0 Å². The third-order valence-electron chi connectivity index (χ3n) is 2.38. The molecule has 0 aliphatic heterocycles. The van der Waals surface area contributed by atoms with Crippen molar-refractivity contribution in [2.24, 2.45) is 0 Å². The van der Waals surface area contributed by atoms with Crippen LogP contribution in [-0.2, 0) is 30.4 Å². The predicted octanol–water partition coefficient (Wildman–Crippen LogP) is 2.75. The summed E-state index contributed by atoms with van der Waals surface area (Å²) in [7, 11) is -5.87. The van der Waals surface area contributed by atoms with Crippen LogP contribution in [0.15, 0.2) is 30.3 Å². The molecule has 1 rings (SSSR count). The van der Waals surface area contributed by atoms with E-state index >= 15 is 0 Å². The van der Waals surface area contributed by atoms with E-state index in [1.54, 1.807) is 30.3 Å². The van der Waals surface area contributed by atoms with Crippen LogP contribution in [0.4, 0.5) is 13.2 Å². The summed E-state index contributed by atoms with van der Waals surface area (Å²) in [6.07, 6.45) is -2.15. The molecule has 0 aliphatic carbocycles. The Morgan fingerprint density at radius 2 is 1.82 bits per heavy atom. The number of benzene rings is 1. The Morgan fingerprint density at radius 1 is 1.23 bits per heavy atom. The molecule has 0 N–H and O–H groups in total. The van der Waals surface area contributed by atoms with E-state index in [0.717, 1.165) is 0 Å². The van der Waals surface area contributed by atoms with Gasteiger partial charge >= 0.3 is 21.6 Å². The van der Waals surface area contributed by atoms with Gasteiger partial charge in [-0.15, -0.1) is 0 Å². The van der Waals surface area contributed by atoms with Crippen LogP contribution >= 0.6 is 15.9 Å². The van der Waals surface area contributed by atoms with Gasteiger partial charge in [-0.05, 0) is 12.0 Å². The van der Waals surface area contributed by atoms with Crippen molar-refractivity contribution in [2.45, 2.75) is 24.6 Å². The molecular weight excluding hydrogens is 393 g/mol. The molecule has 124 valence electrons. The lowest BCUT2D eigenvalue weighted by atomic mass is 10.2. The topological polar surface area (TPSA) is 69.7 Å². The second-order valence-electron chi connectivity index (χ2n) is 4.06. The second-order valence-corrected chi connectivity index (χ2v) is 6.41. The quantitative estimate of drug-likeness (QED) is 0.302. The van der Waals surface area contributed by atoms with Gasteiger partial charge in [0.25, 0.3) is 0 Å². The number of rotatable bonds is 7. The number of halogens is 4. The lowest BCUT2D eigenvalue weighted by molar-refractivity contribution is -0.154. The third-order valence-corrected chi connectivity index (χ3v) is 3.89. The average Bonchev–Trinajstić information content (AvgIpc) is 2.44. The predicted molar refractivity (Wildman–Crippen MR) is 74.5 cm³/mol. The van der Waals surface area contributed by atoms with Crippen LogP contribution in [0.5, 0.6) is 0 Å². The number of hydrogen-bond acceptors (Lipinski definition) is 5. The number of esters is 1. The van der Waals surface area contributed by atoms with Crippen LogP contribution in [0.3, 0.4) is 0 Å². The normalized spacial score (nSPS) is 13.6. The summed E-state index contributed by atoms with van der Waals surface area (Å²) in [4.78, 5) is 11.7. The highest BCUT2D eigenvalue weighted by molar-refractivity contribution is 9.09. The van der Waals surface area contributed by atoms with E-state index in [2.05, 4.69) is 20.1 Å². The minimum atomic E-state index is -5.87. The number of carbonyl (C=O) groups is 1. The molecule has 0 aliphatic rings. The minimum absolute atomic E-state index is 0.0610. The molecule has 0 spiro atoms. The number of alkyl halides is 4. The lowest BCUT2D eigenvalue weighted by Crippen LogP contribution is -2.35. The van der Waals surface area contributed by atoms with Crippen molar-refractivity contribution in [1.29, 1.82) is 0 Å². The summed E-state index contributed by atoms with van der Waals surface area (Å²) in [5.41, 5.74) is -5.00. The molecule has 0 bridgehead atoms. The SMILES string of the molecule is O=C(OCc1ccccc1)C(CCBr)OS(=O)(=O)C(F)(F)F. The smallest absolute Gasteiger partial charge is 0.459 e. The average molecular weight is 405 g/mol. The maximum Gasteiger partial charge on any atom is 0.523 e. The fraction of sp³-hybridized carbons (Fsp3) is 0.417. The molecule has 0 saturated carbocycles. The molecule has 0 fully saturated rings. The summed E-state index contributed by atoms with van der Waals surface area (Å²) in [6, 6.07) is 8.38. The van der Waals surface area contributed by atoms with Crippen molar-refractivity contribution in [3.63, 3.8) is 0 Å². The van der Waals surface area contributed by atoms with Gasteiger partial charge in [-0.25, -0.2) is 8.98 Å². The molecule has 10 heteroatoms. The largest absolute Gasteiger partial charge is 0.523 e. The monoisotopic (exact) mass is 404 g/mol. The molecule has 5 nitrogen and oxygen atoms in total. The number of ether oxygens (including phenoxy) is 1. The van der Waals surface area contributed by atoms with Gasteiger partial charge in [-0.2, -0.15) is 21.6 Å². The molecule has 0 aromatic heterocycles. The first-order chi connectivity index (χ1) is 10.2. The zero-order valence-electron chi connectivity index (χ0n) is 11.0. The highest BCUT2D eigenvalue weighted by atomic mass is 79.9.